The second kappa shape index (κ2) is 4.81. The van der Waals surface area contributed by atoms with Crippen LogP contribution in [0.2, 0.25) is 0 Å². The maximum Gasteiger partial charge on any atom is 0.329 e. The lowest BCUT2D eigenvalue weighted by molar-refractivity contribution is 0.137. The minimum Gasteiger partial charge on any atom is -0.395 e. The van der Waals surface area contributed by atoms with Gasteiger partial charge in [-0.05, 0) is 19.3 Å². The molecule has 104 valence electrons. The van der Waals surface area contributed by atoms with Gasteiger partial charge < -0.3 is 10.2 Å². The number of hydrogen-bond donors (Lipinski definition) is 3. The highest BCUT2D eigenvalue weighted by atomic mass is 32.2. The molecule has 1 fully saturated rings. The summed E-state index contributed by atoms with van der Waals surface area (Å²) in [7, 11) is 0. The number of aromatic nitrogens is 2. The molecule has 0 aromatic carbocycles. The molecule has 3 N–H and O–H groups in total. The Morgan fingerprint density at radius 1 is 1.37 bits per heavy atom. The number of aliphatic hydroxyl groups excluding tert-OH is 2. The van der Waals surface area contributed by atoms with E-state index in [1.807, 2.05) is 0 Å². The van der Waals surface area contributed by atoms with E-state index in [4.69, 9.17) is 0 Å². The number of nitrogens with zero attached hydrogens (tertiary/aromatic N) is 1. The number of H-pyrrole nitrogens is 1. The first-order valence-electron chi connectivity index (χ1n) is 6.42. The number of hydrogen-bond acceptors (Lipinski definition) is 5. The van der Waals surface area contributed by atoms with Crippen molar-refractivity contribution in [1.82, 2.24) is 9.55 Å². The molecule has 3 rings (SSSR count). The van der Waals surface area contributed by atoms with Gasteiger partial charge in [-0.2, -0.15) is 0 Å². The van der Waals surface area contributed by atoms with Crippen LogP contribution in [-0.4, -0.2) is 37.7 Å². The average Bonchev–Trinajstić information content (AvgIpc) is 2.96. The van der Waals surface area contributed by atoms with Gasteiger partial charge in [0.1, 0.15) is 0 Å². The van der Waals surface area contributed by atoms with Crippen molar-refractivity contribution in [2.45, 2.75) is 42.4 Å². The molecule has 1 aliphatic carbocycles. The average molecular weight is 284 g/mol. The number of aromatic amines is 1. The highest BCUT2D eigenvalue weighted by Gasteiger charge is 2.36. The lowest BCUT2D eigenvalue weighted by Crippen LogP contribution is -2.35. The van der Waals surface area contributed by atoms with Gasteiger partial charge in [-0.15, -0.1) is 11.8 Å². The molecule has 2 aliphatic rings. The molecule has 1 aliphatic heterocycles. The van der Waals surface area contributed by atoms with Crippen molar-refractivity contribution in [3.63, 3.8) is 0 Å². The molecule has 0 spiro atoms. The van der Waals surface area contributed by atoms with Gasteiger partial charge in [0.05, 0.1) is 23.3 Å². The van der Waals surface area contributed by atoms with Crippen LogP contribution in [0.15, 0.2) is 9.59 Å². The van der Waals surface area contributed by atoms with Crippen LogP contribution < -0.4 is 11.2 Å². The van der Waals surface area contributed by atoms with Crippen molar-refractivity contribution < 1.29 is 10.2 Å². The Bertz CT molecular complexity index is 609. The maximum absolute atomic E-state index is 12.0. The van der Waals surface area contributed by atoms with Crippen LogP contribution in [0.25, 0.3) is 0 Å². The van der Waals surface area contributed by atoms with Crippen molar-refractivity contribution in [2.24, 2.45) is 0 Å². The molecule has 0 bridgehead atoms. The lowest BCUT2D eigenvalue weighted by atomic mass is 10.2. The van der Waals surface area contributed by atoms with Gasteiger partial charge in [0.15, 0.2) is 0 Å². The van der Waals surface area contributed by atoms with E-state index in [1.54, 1.807) is 4.57 Å². The summed E-state index contributed by atoms with van der Waals surface area (Å²) in [5.41, 5.74) is 0.809. The summed E-state index contributed by atoms with van der Waals surface area (Å²) in [6.07, 6.45) is 2.12. The van der Waals surface area contributed by atoms with Gasteiger partial charge in [0.2, 0.25) is 0 Å². The van der Waals surface area contributed by atoms with E-state index in [-0.39, 0.29) is 22.8 Å². The van der Waals surface area contributed by atoms with E-state index in [2.05, 4.69) is 4.98 Å². The first-order chi connectivity index (χ1) is 9.11. The fourth-order valence-electron chi connectivity index (χ4n) is 2.94. The third-order valence-corrected chi connectivity index (χ3v) is 5.40. The van der Waals surface area contributed by atoms with Crippen molar-refractivity contribution in [3.8, 4) is 0 Å². The number of fused-ring (bicyclic) bond motifs is 1. The Hall–Kier alpha value is -1.05. The normalized spacial score (nSPS) is 29.7. The highest BCUT2D eigenvalue weighted by molar-refractivity contribution is 8.00. The van der Waals surface area contributed by atoms with Crippen LogP contribution in [0.1, 0.15) is 29.5 Å². The molecule has 1 aromatic heterocycles. The molecule has 3 atom stereocenters. The van der Waals surface area contributed by atoms with Crippen LogP contribution in [-0.2, 0) is 12.8 Å². The Morgan fingerprint density at radius 3 is 2.84 bits per heavy atom. The number of thioether (sulfide) groups is 1. The summed E-state index contributed by atoms with van der Waals surface area (Å²) in [5.74, 6) is 0. The van der Waals surface area contributed by atoms with E-state index < -0.39 is 11.8 Å². The Kier molecular flexibility index (Phi) is 3.28. The van der Waals surface area contributed by atoms with Crippen LogP contribution >= 0.6 is 11.8 Å². The third kappa shape index (κ3) is 2.05. The quantitative estimate of drug-likeness (QED) is 0.673. The molecule has 0 radical (unpaired) electrons. The summed E-state index contributed by atoms with van der Waals surface area (Å²) in [6, 6.07) is 0. The summed E-state index contributed by atoms with van der Waals surface area (Å²) in [5, 5.41) is 18.6. The van der Waals surface area contributed by atoms with Crippen LogP contribution in [0.4, 0.5) is 0 Å². The molecular weight excluding hydrogens is 268 g/mol. The molecule has 2 heterocycles. The fourth-order valence-corrected chi connectivity index (χ4v) is 4.37. The summed E-state index contributed by atoms with van der Waals surface area (Å²) in [4.78, 5) is 26.1. The predicted octanol–water partition coefficient (Wildman–Crippen LogP) is -0.617. The monoisotopic (exact) mass is 284 g/mol. The summed E-state index contributed by atoms with van der Waals surface area (Å²) >= 11 is 1.40. The Balaban J connectivity index is 2.05. The molecule has 0 saturated carbocycles. The zero-order valence-corrected chi connectivity index (χ0v) is 11.2. The topological polar surface area (TPSA) is 95.3 Å². The van der Waals surface area contributed by atoms with E-state index >= 15 is 0 Å². The first-order valence-corrected chi connectivity index (χ1v) is 7.37. The van der Waals surface area contributed by atoms with Gasteiger partial charge >= 0.3 is 5.69 Å². The minimum absolute atomic E-state index is 0.109. The van der Waals surface area contributed by atoms with Gasteiger partial charge in [-0.25, -0.2) is 4.79 Å². The van der Waals surface area contributed by atoms with Crippen molar-refractivity contribution in [3.05, 3.63) is 32.1 Å². The van der Waals surface area contributed by atoms with Crippen molar-refractivity contribution in [1.29, 1.82) is 0 Å². The fraction of sp³-hybridized carbons (Fsp3) is 0.667. The van der Waals surface area contributed by atoms with Crippen LogP contribution in [0, 0.1) is 0 Å². The van der Waals surface area contributed by atoms with Gasteiger partial charge in [0, 0.05) is 17.7 Å². The Labute approximate surface area is 113 Å². The van der Waals surface area contributed by atoms with Gasteiger partial charge in [-0.1, -0.05) is 0 Å². The summed E-state index contributed by atoms with van der Waals surface area (Å²) < 4.78 is 1.60. The molecule has 1 aromatic rings. The molecule has 0 amide bonds. The van der Waals surface area contributed by atoms with Gasteiger partial charge in [-0.3, -0.25) is 14.3 Å². The second-order valence-electron chi connectivity index (χ2n) is 5.02. The maximum atomic E-state index is 12.0. The zero-order valence-electron chi connectivity index (χ0n) is 10.3. The molecule has 7 heteroatoms. The molecular formula is C12H16N2O4S. The van der Waals surface area contributed by atoms with E-state index in [0.29, 0.717) is 18.4 Å². The third-order valence-electron chi connectivity index (χ3n) is 3.86. The molecule has 1 saturated heterocycles. The predicted molar refractivity (Wildman–Crippen MR) is 71.5 cm³/mol. The van der Waals surface area contributed by atoms with Crippen LogP contribution in [0.3, 0.4) is 0 Å². The highest BCUT2D eigenvalue weighted by Crippen LogP contribution is 2.41. The Morgan fingerprint density at radius 2 is 2.16 bits per heavy atom. The van der Waals surface area contributed by atoms with E-state index in [0.717, 1.165) is 18.5 Å². The number of nitrogens with one attached hydrogen (secondary N) is 1. The van der Waals surface area contributed by atoms with Gasteiger partial charge in [0.25, 0.3) is 5.56 Å². The standard InChI is InChI=1S/C12H16N2O4S/c15-5-9-8(16)4-10(19-9)14-7-3-1-2-6(7)11(17)13-12(14)18/h8-10,15-16H,1-5H2,(H,13,17,18)/t8-,9+,10-/m0/s1. The van der Waals surface area contributed by atoms with E-state index in [9.17, 15) is 19.8 Å². The van der Waals surface area contributed by atoms with Crippen LogP contribution in [0.5, 0.6) is 0 Å². The minimum atomic E-state index is -0.615. The molecule has 19 heavy (non-hydrogen) atoms. The SMILES string of the molecule is O=c1[nH]c(=O)n([C@@H]2C[C@H](O)[C@@H](CO)S2)c2c1CCC2. The van der Waals surface area contributed by atoms with Crippen molar-refractivity contribution >= 4 is 11.8 Å². The molecule has 0 unspecified atom stereocenters. The largest absolute Gasteiger partial charge is 0.395 e. The second-order valence-corrected chi connectivity index (χ2v) is 6.44. The summed E-state index contributed by atoms with van der Waals surface area (Å²) in [6.45, 7) is -0.109. The van der Waals surface area contributed by atoms with Crippen molar-refractivity contribution in [2.75, 3.05) is 6.61 Å². The smallest absolute Gasteiger partial charge is 0.329 e. The van der Waals surface area contributed by atoms with E-state index in [1.165, 1.54) is 11.8 Å². The lowest BCUT2D eigenvalue weighted by Gasteiger charge is -2.17. The number of aliphatic hydroxyl groups is 2. The first kappa shape index (κ1) is 13.0. The molecule has 6 nitrogen and oxygen atoms in total. The zero-order chi connectivity index (χ0) is 13.6. The number of rotatable bonds is 2.